The first-order valence-corrected chi connectivity index (χ1v) is 9.09. The van der Waals surface area contributed by atoms with Gasteiger partial charge in [0.2, 0.25) is 0 Å². The van der Waals surface area contributed by atoms with Gasteiger partial charge in [0.25, 0.3) is 0 Å². The number of hydrogen-bond donors (Lipinski definition) is 1. The molecule has 2 aliphatic rings. The van der Waals surface area contributed by atoms with Crippen LogP contribution in [0, 0.1) is 5.92 Å². The summed E-state index contributed by atoms with van der Waals surface area (Å²) in [5.74, 6) is 1.41. The fourth-order valence-corrected chi connectivity index (χ4v) is 4.50. The fraction of sp³-hybridized carbons (Fsp3) is 1.00. The average molecular weight is 274 g/mol. The Morgan fingerprint density at radius 1 is 1.17 bits per heavy atom. The van der Waals surface area contributed by atoms with Crippen molar-refractivity contribution in [2.24, 2.45) is 5.92 Å². The summed E-state index contributed by atoms with van der Waals surface area (Å²) in [7, 11) is -2.74. The van der Waals surface area contributed by atoms with Crippen LogP contribution in [0.15, 0.2) is 0 Å². The molecule has 0 radical (unpaired) electrons. The number of nitrogens with zero attached hydrogens (tertiary/aromatic N) is 1. The predicted molar refractivity (Wildman–Crippen MR) is 74.5 cm³/mol. The molecular formula is C13H26N2O2S. The van der Waals surface area contributed by atoms with Gasteiger partial charge < -0.3 is 10.2 Å². The topological polar surface area (TPSA) is 49.4 Å². The average Bonchev–Trinajstić information content (AvgIpc) is 2.35. The lowest BCUT2D eigenvalue weighted by atomic mass is 9.84. The second kappa shape index (κ2) is 6.35. The maximum atomic E-state index is 11.4. The number of sulfone groups is 1. The standard InChI is InChI=1S/C13H26N2O2S/c1-2-14-13-6-4-3-5-12(13)11-15-7-9-18(16,17)10-8-15/h12-14H,2-11H2,1H3. The van der Waals surface area contributed by atoms with Gasteiger partial charge in [-0.15, -0.1) is 0 Å². The van der Waals surface area contributed by atoms with E-state index in [1.54, 1.807) is 0 Å². The maximum Gasteiger partial charge on any atom is 0.152 e. The van der Waals surface area contributed by atoms with Gasteiger partial charge in [-0.1, -0.05) is 19.8 Å². The quantitative estimate of drug-likeness (QED) is 0.827. The van der Waals surface area contributed by atoms with Crippen LogP contribution in [0.1, 0.15) is 32.6 Å². The molecule has 1 aliphatic heterocycles. The first kappa shape index (κ1) is 14.3. The summed E-state index contributed by atoms with van der Waals surface area (Å²) >= 11 is 0. The largest absolute Gasteiger partial charge is 0.314 e. The molecule has 5 heteroatoms. The van der Waals surface area contributed by atoms with Crippen molar-refractivity contribution < 1.29 is 8.42 Å². The van der Waals surface area contributed by atoms with Gasteiger partial charge in [0.1, 0.15) is 0 Å². The summed E-state index contributed by atoms with van der Waals surface area (Å²) < 4.78 is 22.8. The number of nitrogens with one attached hydrogen (secondary N) is 1. The first-order valence-electron chi connectivity index (χ1n) is 7.27. The Balaban J connectivity index is 1.84. The van der Waals surface area contributed by atoms with Crippen LogP contribution in [0.2, 0.25) is 0 Å². The van der Waals surface area contributed by atoms with Crippen molar-refractivity contribution in [3.8, 4) is 0 Å². The summed E-state index contributed by atoms with van der Waals surface area (Å²) in [6.45, 7) is 5.75. The molecule has 2 atom stereocenters. The van der Waals surface area contributed by atoms with Gasteiger partial charge >= 0.3 is 0 Å². The maximum absolute atomic E-state index is 11.4. The molecule has 2 rings (SSSR count). The van der Waals surface area contributed by atoms with Crippen molar-refractivity contribution in [2.75, 3.05) is 37.7 Å². The van der Waals surface area contributed by atoms with Crippen molar-refractivity contribution in [2.45, 2.75) is 38.6 Å². The van der Waals surface area contributed by atoms with Crippen LogP contribution in [0.25, 0.3) is 0 Å². The van der Waals surface area contributed by atoms with E-state index in [-0.39, 0.29) is 0 Å². The molecule has 1 heterocycles. The van der Waals surface area contributed by atoms with Gasteiger partial charge in [0.05, 0.1) is 11.5 Å². The fourth-order valence-electron chi connectivity index (χ4n) is 3.22. The molecular weight excluding hydrogens is 248 g/mol. The molecule has 2 unspecified atom stereocenters. The summed E-state index contributed by atoms with van der Waals surface area (Å²) in [5, 5.41) is 3.60. The molecule has 1 N–H and O–H groups in total. The molecule has 0 spiro atoms. The van der Waals surface area contributed by atoms with E-state index in [1.807, 2.05) is 0 Å². The van der Waals surface area contributed by atoms with E-state index in [2.05, 4.69) is 17.1 Å². The van der Waals surface area contributed by atoms with Gasteiger partial charge in [-0.2, -0.15) is 0 Å². The van der Waals surface area contributed by atoms with Crippen molar-refractivity contribution in [3.05, 3.63) is 0 Å². The van der Waals surface area contributed by atoms with Crippen LogP contribution in [0.3, 0.4) is 0 Å². The second-order valence-corrected chi connectivity index (χ2v) is 7.96. The van der Waals surface area contributed by atoms with E-state index in [0.29, 0.717) is 23.5 Å². The van der Waals surface area contributed by atoms with Gasteiger partial charge in [-0.25, -0.2) is 8.42 Å². The molecule has 0 amide bonds. The zero-order chi connectivity index (χ0) is 13.0. The molecule has 0 aromatic rings. The molecule has 106 valence electrons. The Kier molecular flexibility index (Phi) is 5.04. The van der Waals surface area contributed by atoms with Crippen LogP contribution in [-0.4, -0.2) is 57.0 Å². The second-order valence-electron chi connectivity index (χ2n) is 5.66. The third-order valence-electron chi connectivity index (χ3n) is 4.31. The minimum absolute atomic E-state index is 0.353. The zero-order valence-corrected chi connectivity index (χ0v) is 12.2. The van der Waals surface area contributed by atoms with Crippen LogP contribution in [0.4, 0.5) is 0 Å². The van der Waals surface area contributed by atoms with E-state index < -0.39 is 9.84 Å². The molecule has 18 heavy (non-hydrogen) atoms. The van der Waals surface area contributed by atoms with E-state index in [4.69, 9.17) is 0 Å². The summed E-state index contributed by atoms with van der Waals surface area (Å²) in [6.07, 6.45) is 5.24. The Morgan fingerprint density at radius 3 is 2.50 bits per heavy atom. The SMILES string of the molecule is CCNC1CCCCC1CN1CCS(=O)(=O)CC1. The van der Waals surface area contributed by atoms with Crippen LogP contribution < -0.4 is 5.32 Å². The molecule has 1 saturated carbocycles. The molecule has 1 aliphatic carbocycles. The van der Waals surface area contributed by atoms with Gasteiger partial charge in [0, 0.05) is 25.7 Å². The molecule has 1 saturated heterocycles. The Bertz CT molecular complexity index is 340. The lowest BCUT2D eigenvalue weighted by Gasteiger charge is -2.37. The highest BCUT2D eigenvalue weighted by molar-refractivity contribution is 7.91. The summed E-state index contributed by atoms with van der Waals surface area (Å²) in [4.78, 5) is 2.35. The normalized spacial score (nSPS) is 33.4. The highest BCUT2D eigenvalue weighted by Gasteiger charge is 2.28. The molecule has 0 bridgehead atoms. The first-order chi connectivity index (χ1) is 8.61. The minimum atomic E-state index is -2.74. The third kappa shape index (κ3) is 3.93. The van der Waals surface area contributed by atoms with Crippen molar-refractivity contribution in [3.63, 3.8) is 0 Å². The number of rotatable bonds is 4. The minimum Gasteiger partial charge on any atom is -0.314 e. The highest BCUT2D eigenvalue weighted by Crippen LogP contribution is 2.25. The van der Waals surface area contributed by atoms with Gasteiger partial charge in [-0.3, -0.25) is 0 Å². The van der Waals surface area contributed by atoms with Crippen LogP contribution in [-0.2, 0) is 9.84 Å². The van der Waals surface area contributed by atoms with E-state index in [9.17, 15) is 8.42 Å². The lowest BCUT2D eigenvalue weighted by Crippen LogP contribution is -2.48. The Hall–Kier alpha value is -0.130. The highest BCUT2D eigenvalue weighted by atomic mass is 32.2. The lowest BCUT2D eigenvalue weighted by molar-refractivity contribution is 0.177. The van der Waals surface area contributed by atoms with Crippen molar-refractivity contribution in [1.29, 1.82) is 0 Å². The van der Waals surface area contributed by atoms with Crippen LogP contribution >= 0.6 is 0 Å². The monoisotopic (exact) mass is 274 g/mol. The molecule has 4 nitrogen and oxygen atoms in total. The summed E-state index contributed by atoms with van der Waals surface area (Å²) in [5.41, 5.74) is 0. The zero-order valence-electron chi connectivity index (χ0n) is 11.4. The predicted octanol–water partition coefficient (Wildman–Crippen LogP) is 0.885. The smallest absolute Gasteiger partial charge is 0.152 e. The molecule has 2 fully saturated rings. The third-order valence-corrected chi connectivity index (χ3v) is 5.91. The molecule has 0 aromatic carbocycles. The van der Waals surface area contributed by atoms with Crippen molar-refractivity contribution >= 4 is 9.84 Å². The van der Waals surface area contributed by atoms with E-state index in [1.165, 1.54) is 25.7 Å². The van der Waals surface area contributed by atoms with Gasteiger partial charge in [0.15, 0.2) is 9.84 Å². The van der Waals surface area contributed by atoms with E-state index >= 15 is 0 Å². The molecule has 0 aromatic heterocycles. The van der Waals surface area contributed by atoms with Crippen molar-refractivity contribution in [1.82, 2.24) is 10.2 Å². The Morgan fingerprint density at radius 2 is 1.83 bits per heavy atom. The summed E-state index contributed by atoms with van der Waals surface area (Å²) in [6, 6.07) is 0.641. The number of hydrogen-bond acceptors (Lipinski definition) is 4. The van der Waals surface area contributed by atoms with Gasteiger partial charge in [-0.05, 0) is 25.3 Å². The van der Waals surface area contributed by atoms with E-state index in [0.717, 1.165) is 26.2 Å². The van der Waals surface area contributed by atoms with Crippen LogP contribution in [0.5, 0.6) is 0 Å². The Labute approximate surface area is 111 Å².